The van der Waals surface area contributed by atoms with Crippen LogP contribution >= 0.6 is 0 Å². The average molecular weight is 270 g/mol. The largest absolute Gasteiger partial charge is 0.480 e. The van der Waals surface area contributed by atoms with Crippen molar-refractivity contribution in [2.75, 3.05) is 7.05 Å². The molecule has 1 saturated carbocycles. The van der Waals surface area contributed by atoms with Gasteiger partial charge in [-0.2, -0.15) is 0 Å². The molecule has 2 N–H and O–H groups in total. The van der Waals surface area contributed by atoms with Crippen LogP contribution in [0.15, 0.2) is 0 Å². The van der Waals surface area contributed by atoms with Crippen LogP contribution < -0.4 is 5.32 Å². The lowest BCUT2D eigenvalue weighted by molar-refractivity contribution is -0.140. The fraction of sp³-hybridized carbons (Fsp3) is 0.857. The molecular formula is C14H26N2O3. The summed E-state index contributed by atoms with van der Waals surface area (Å²) in [7, 11) is 1.76. The van der Waals surface area contributed by atoms with Crippen molar-refractivity contribution in [2.24, 2.45) is 11.8 Å². The molecule has 3 atom stereocenters. The zero-order chi connectivity index (χ0) is 14.6. The monoisotopic (exact) mass is 270 g/mol. The average Bonchev–Trinajstić information content (AvgIpc) is 2.33. The number of amides is 2. The Morgan fingerprint density at radius 2 is 1.95 bits per heavy atom. The van der Waals surface area contributed by atoms with Crippen LogP contribution in [0.1, 0.15) is 46.5 Å². The molecular weight excluding hydrogens is 244 g/mol. The van der Waals surface area contributed by atoms with Crippen molar-refractivity contribution in [1.82, 2.24) is 10.2 Å². The van der Waals surface area contributed by atoms with E-state index in [-0.39, 0.29) is 18.0 Å². The Morgan fingerprint density at radius 3 is 2.42 bits per heavy atom. The number of carbonyl (C=O) groups is 2. The number of hydrogen-bond acceptors (Lipinski definition) is 2. The smallest absolute Gasteiger partial charge is 0.326 e. The van der Waals surface area contributed by atoms with Gasteiger partial charge >= 0.3 is 12.0 Å². The molecule has 0 radical (unpaired) electrons. The molecule has 0 heterocycles. The third kappa shape index (κ3) is 4.40. The molecule has 5 heteroatoms. The Kier molecular flexibility index (Phi) is 5.63. The third-order valence-electron chi connectivity index (χ3n) is 3.99. The summed E-state index contributed by atoms with van der Waals surface area (Å²) in [6.07, 6.45) is 4.36. The summed E-state index contributed by atoms with van der Waals surface area (Å²) in [5.41, 5.74) is 0. The number of carbonyl (C=O) groups excluding carboxylic acids is 1. The van der Waals surface area contributed by atoms with E-state index >= 15 is 0 Å². The summed E-state index contributed by atoms with van der Waals surface area (Å²) in [5.74, 6) is -0.469. The van der Waals surface area contributed by atoms with Crippen LogP contribution in [-0.2, 0) is 4.79 Å². The first-order valence-corrected chi connectivity index (χ1v) is 7.09. The molecule has 0 aromatic rings. The van der Waals surface area contributed by atoms with Gasteiger partial charge in [-0.1, -0.05) is 33.6 Å². The first-order valence-electron chi connectivity index (χ1n) is 7.09. The van der Waals surface area contributed by atoms with Crippen LogP contribution in [0.4, 0.5) is 4.79 Å². The zero-order valence-corrected chi connectivity index (χ0v) is 12.3. The maximum Gasteiger partial charge on any atom is 0.326 e. The number of carboxylic acids is 1. The maximum atomic E-state index is 12.1. The summed E-state index contributed by atoms with van der Waals surface area (Å²) in [5, 5.41) is 11.7. The van der Waals surface area contributed by atoms with E-state index in [9.17, 15) is 9.59 Å². The first-order chi connectivity index (χ1) is 8.82. The SMILES string of the molecule is CC1CCCC(N(C)C(=O)NC(C(=O)O)C(C)C)C1. The van der Waals surface area contributed by atoms with Crippen molar-refractivity contribution in [2.45, 2.75) is 58.5 Å². The minimum Gasteiger partial charge on any atom is -0.480 e. The number of carboxylic acid groups (broad SMARTS) is 1. The van der Waals surface area contributed by atoms with Gasteiger partial charge in [0.25, 0.3) is 0 Å². The molecule has 0 aliphatic heterocycles. The summed E-state index contributed by atoms with van der Waals surface area (Å²) < 4.78 is 0. The molecule has 1 rings (SSSR count). The minimum atomic E-state index is -0.978. The van der Waals surface area contributed by atoms with E-state index in [1.165, 1.54) is 6.42 Å². The lowest BCUT2D eigenvalue weighted by Crippen LogP contribution is -2.52. The second-order valence-electron chi connectivity index (χ2n) is 6.05. The number of aliphatic carboxylic acids is 1. The summed E-state index contributed by atoms with van der Waals surface area (Å²) in [6.45, 7) is 5.79. The van der Waals surface area contributed by atoms with Gasteiger partial charge in [-0.15, -0.1) is 0 Å². The van der Waals surface area contributed by atoms with E-state index in [0.29, 0.717) is 5.92 Å². The highest BCUT2D eigenvalue weighted by molar-refractivity contribution is 5.82. The number of urea groups is 1. The highest BCUT2D eigenvalue weighted by Crippen LogP contribution is 2.26. The van der Waals surface area contributed by atoms with Crippen molar-refractivity contribution in [1.29, 1.82) is 0 Å². The van der Waals surface area contributed by atoms with Gasteiger partial charge in [0.2, 0.25) is 0 Å². The third-order valence-corrected chi connectivity index (χ3v) is 3.99. The maximum absolute atomic E-state index is 12.1. The van der Waals surface area contributed by atoms with Crippen molar-refractivity contribution >= 4 is 12.0 Å². The zero-order valence-electron chi connectivity index (χ0n) is 12.3. The van der Waals surface area contributed by atoms with Crippen LogP contribution in [0.2, 0.25) is 0 Å². The fourth-order valence-electron chi connectivity index (χ4n) is 2.67. The predicted octanol–water partition coefficient (Wildman–Crippen LogP) is 2.32. The molecule has 0 bridgehead atoms. The van der Waals surface area contributed by atoms with Gasteiger partial charge in [-0.05, 0) is 24.7 Å². The topological polar surface area (TPSA) is 69.6 Å². The van der Waals surface area contributed by atoms with Crippen molar-refractivity contribution in [3.63, 3.8) is 0 Å². The Balaban J connectivity index is 2.58. The van der Waals surface area contributed by atoms with E-state index in [1.54, 1.807) is 25.8 Å². The summed E-state index contributed by atoms with van der Waals surface area (Å²) >= 11 is 0. The lowest BCUT2D eigenvalue weighted by Gasteiger charge is -2.35. The van der Waals surface area contributed by atoms with Crippen LogP contribution in [0.25, 0.3) is 0 Å². The molecule has 3 unspecified atom stereocenters. The normalized spacial score (nSPS) is 24.9. The Labute approximate surface area is 115 Å². The highest BCUT2D eigenvalue weighted by Gasteiger charge is 2.29. The van der Waals surface area contributed by atoms with Gasteiger partial charge in [-0.3, -0.25) is 0 Å². The molecule has 1 aliphatic carbocycles. The molecule has 5 nitrogen and oxygen atoms in total. The lowest BCUT2D eigenvalue weighted by atomic mass is 9.86. The quantitative estimate of drug-likeness (QED) is 0.823. The van der Waals surface area contributed by atoms with Crippen LogP contribution in [0.3, 0.4) is 0 Å². The van der Waals surface area contributed by atoms with Gasteiger partial charge in [0.05, 0.1) is 0 Å². The summed E-state index contributed by atoms with van der Waals surface area (Å²) in [4.78, 5) is 24.9. The standard InChI is InChI=1S/C14H26N2O3/c1-9(2)12(13(17)18)15-14(19)16(4)11-7-5-6-10(3)8-11/h9-12H,5-8H2,1-4H3,(H,15,19)(H,17,18). The highest BCUT2D eigenvalue weighted by atomic mass is 16.4. The molecule has 1 aliphatic rings. The molecule has 0 aromatic heterocycles. The van der Waals surface area contributed by atoms with Crippen molar-refractivity contribution in [3.05, 3.63) is 0 Å². The van der Waals surface area contributed by atoms with Crippen molar-refractivity contribution < 1.29 is 14.7 Å². The van der Waals surface area contributed by atoms with Gasteiger partial charge in [0, 0.05) is 13.1 Å². The molecule has 0 spiro atoms. The Hall–Kier alpha value is -1.26. The number of hydrogen-bond donors (Lipinski definition) is 2. The van der Waals surface area contributed by atoms with E-state index in [2.05, 4.69) is 12.2 Å². The van der Waals surface area contributed by atoms with Gasteiger partial charge in [-0.25, -0.2) is 9.59 Å². The Morgan fingerprint density at radius 1 is 1.32 bits per heavy atom. The molecule has 0 saturated heterocycles. The first kappa shape index (κ1) is 15.8. The molecule has 110 valence electrons. The molecule has 19 heavy (non-hydrogen) atoms. The number of rotatable bonds is 4. The van der Waals surface area contributed by atoms with E-state index in [0.717, 1.165) is 19.3 Å². The fourth-order valence-corrected chi connectivity index (χ4v) is 2.67. The number of nitrogens with one attached hydrogen (secondary N) is 1. The number of nitrogens with zero attached hydrogens (tertiary/aromatic N) is 1. The van der Waals surface area contributed by atoms with Crippen molar-refractivity contribution in [3.8, 4) is 0 Å². The van der Waals surface area contributed by atoms with Crippen LogP contribution in [0.5, 0.6) is 0 Å². The van der Waals surface area contributed by atoms with E-state index in [4.69, 9.17) is 5.11 Å². The Bertz CT molecular complexity index is 331. The molecule has 2 amide bonds. The summed E-state index contributed by atoms with van der Waals surface area (Å²) in [6, 6.07) is -0.874. The second-order valence-corrected chi connectivity index (χ2v) is 6.05. The van der Waals surface area contributed by atoms with Crippen LogP contribution in [-0.4, -0.2) is 41.1 Å². The van der Waals surface area contributed by atoms with Gasteiger partial charge in [0.1, 0.15) is 6.04 Å². The minimum absolute atomic E-state index is 0.125. The van der Waals surface area contributed by atoms with E-state index < -0.39 is 12.0 Å². The van der Waals surface area contributed by atoms with Crippen LogP contribution in [0, 0.1) is 11.8 Å². The molecule has 1 fully saturated rings. The van der Waals surface area contributed by atoms with Gasteiger partial charge < -0.3 is 15.3 Å². The van der Waals surface area contributed by atoms with E-state index in [1.807, 2.05) is 0 Å². The predicted molar refractivity (Wildman–Crippen MR) is 74.0 cm³/mol. The van der Waals surface area contributed by atoms with Gasteiger partial charge in [0.15, 0.2) is 0 Å². The second kappa shape index (κ2) is 6.78. The molecule has 0 aromatic carbocycles.